The Kier molecular flexibility index (Phi) is 6.28. The predicted molar refractivity (Wildman–Crippen MR) is 96.9 cm³/mol. The summed E-state index contributed by atoms with van der Waals surface area (Å²) in [6.45, 7) is 4.72. The quantitative estimate of drug-likeness (QED) is 0.769. The second kappa shape index (κ2) is 7.85. The fourth-order valence-electron chi connectivity index (χ4n) is 3.10. The minimum Gasteiger partial charge on any atom is -0.338 e. The normalized spacial score (nSPS) is 21.0. The third-order valence-electron chi connectivity index (χ3n) is 4.71. The number of hydrogen-bond donors (Lipinski definition) is 0. The molecule has 1 heterocycles. The van der Waals surface area contributed by atoms with E-state index in [1.54, 1.807) is 4.90 Å². The number of rotatable bonds is 6. The molecular formula is C17H25ClN2O3S. The summed E-state index contributed by atoms with van der Waals surface area (Å²) in [7, 11) is -1.10. The first-order valence-corrected chi connectivity index (χ1v) is 10.4. The lowest BCUT2D eigenvalue weighted by atomic mass is 10.1. The third-order valence-corrected chi connectivity index (χ3v) is 6.71. The number of amides is 1. The van der Waals surface area contributed by atoms with Gasteiger partial charge in [0.25, 0.3) is 0 Å². The first-order chi connectivity index (χ1) is 11.2. The zero-order chi connectivity index (χ0) is 17.9. The number of halogens is 1. The van der Waals surface area contributed by atoms with E-state index >= 15 is 0 Å². The number of carbonyl (C=O) groups excluding carboxylic acids is 1. The van der Waals surface area contributed by atoms with Gasteiger partial charge in [-0.3, -0.25) is 9.69 Å². The largest absolute Gasteiger partial charge is 0.338 e. The van der Waals surface area contributed by atoms with E-state index in [1.807, 2.05) is 50.1 Å². The van der Waals surface area contributed by atoms with Crippen LogP contribution in [-0.2, 0) is 14.6 Å². The average Bonchev–Trinajstić information content (AvgIpc) is 2.87. The average molecular weight is 373 g/mol. The molecule has 1 fully saturated rings. The Labute approximate surface area is 149 Å². The summed E-state index contributed by atoms with van der Waals surface area (Å²) < 4.78 is 23.3. The van der Waals surface area contributed by atoms with Crippen LogP contribution in [0.1, 0.15) is 31.9 Å². The molecule has 0 spiro atoms. The molecule has 1 amide bonds. The van der Waals surface area contributed by atoms with Gasteiger partial charge in [-0.05, 0) is 45.0 Å². The van der Waals surface area contributed by atoms with Gasteiger partial charge in [0, 0.05) is 23.7 Å². The molecule has 7 heteroatoms. The molecule has 1 saturated heterocycles. The van der Waals surface area contributed by atoms with Gasteiger partial charge in [-0.1, -0.05) is 23.7 Å². The minimum atomic E-state index is -3.00. The van der Waals surface area contributed by atoms with Crippen LogP contribution in [0.25, 0.3) is 0 Å². The molecule has 134 valence electrons. The second-order valence-electron chi connectivity index (χ2n) is 6.38. The van der Waals surface area contributed by atoms with Crippen LogP contribution in [0.15, 0.2) is 24.3 Å². The van der Waals surface area contributed by atoms with E-state index in [0.29, 0.717) is 18.0 Å². The molecule has 0 radical (unpaired) electrons. The van der Waals surface area contributed by atoms with Crippen molar-refractivity contribution in [3.05, 3.63) is 34.9 Å². The molecule has 5 nitrogen and oxygen atoms in total. The van der Waals surface area contributed by atoms with Gasteiger partial charge in [0.05, 0.1) is 18.1 Å². The van der Waals surface area contributed by atoms with Crippen LogP contribution >= 0.6 is 11.6 Å². The van der Waals surface area contributed by atoms with Crippen molar-refractivity contribution < 1.29 is 13.2 Å². The summed E-state index contributed by atoms with van der Waals surface area (Å²) in [5, 5.41) is 0.685. The molecule has 1 aliphatic heterocycles. The Morgan fingerprint density at radius 2 is 1.96 bits per heavy atom. The van der Waals surface area contributed by atoms with E-state index in [1.165, 1.54) is 0 Å². The van der Waals surface area contributed by atoms with E-state index < -0.39 is 9.84 Å². The molecule has 0 aromatic heterocycles. The van der Waals surface area contributed by atoms with Gasteiger partial charge >= 0.3 is 0 Å². The molecule has 1 aromatic carbocycles. The Morgan fingerprint density at radius 1 is 1.33 bits per heavy atom. The van der Waals surface area contributed by atoms with Crippen molar-refractivity contribution in [1.82, 2.24) is 9.80 Å². The SMILES string of the molecule is CCN(C(=O)CN(C)C(C)c1ccc(Cl)cc1)C1CCS(=O)(=O)C1. The Hall–Kier alpha value is -1.11. The first kappa shape index (κ1) is 19.2. The summed E-state index contributed by atoms with van der Waals surface area (Å²) in [6, 6.07) is 7.46. The molecule has 2 unspecified atom stereocenters. The summed E-state index contributed by atoms with van der Waals surface area (Å²) in [4.78, 5) is 16.3. The van der Waals surface area contributed by atoms with Crippen molar-refractivity contribution in [3.8, 4) is 0 Å². The van der Waals surface area contributed by atoms with E-state index in [-0.39, 0.29) is 36.0 Å². The second-order valence-corrected chi connectivity index (χ2v) is 9.04. The monoisotopic (exact) mass is 372 g/mol. The van der Waals surface area contributed by atoms with Gasteiger partial charge in [-0.2, -0.15) is 0 Å². The highest BCUT2D eigenvalue weighted by Gasteiger charge is 2.34. The highest BCUT2D eigenvalue weighted by atomic mass is 35.5. The fraction of sp³-hybridized carbons (Fsp3) is 0.588. The molecule has 1 aromatic rings. The lowest BCUT2D eigenvalue weighted by Crippen LogP contribution is -2.45. The summed E-state index contributed by atoms with van der Waals surface area (Å²) in [6.07, 6.45) is 0.540. The number of benzene rings is 1. The Morgan fingerprint density at radius 3 is 2.46 bits per heavy atom. The molecule has 0 N–H and O–H groups in total. The molecule has 0 aliphatic carbocycles. The highest BCUT2D eigenvalue weighted by Crippen LogP contribution is 2.22. The van der Waals surface area contributed by atoms with Crippen molar-refractivity contribution in [2.24, 2.45) is 0 Å². The maximum absolute atomic E-state index is 12.6. The molecule has 0 bridgehead atoms. The van der Waals surface area contributed by atoms with Crippen LogP contribution in [-0.4, -0.2) is 61.8 Å². The van der Waals surface area contributed by atoms with Crippen molar-refractivity contribution in [3.63, 3.8) is 0 Å². The number of nitrogens with zero attached hydrogens (tertiary/aromatic N) is 2. The first-order valence-electron chi connectivity index (χ1n) is 8.19. The highest BCUT2D eigenvalue weighted by molar-refractivity contribution is 7.91. The smallest absolute Gasteiger partial charge is 0.237 e. The van der Waals surface area contributed by atoms with Crippen LogP contribution < -0.4 is 0 Å². The van der Waals surface area contributed by atoms with Gasteiger partial charge in [-0.15, -0.1) is 0 Å². The summed E-state index contributed by atoms with van der Waals surface area (Å²) >= 11 is 5.91. The zero-order valence-electron chi connectivity index (χ0n) is 14.4. The topological polar surface area (TPSA) is 57.7 Å². The molecule has 2 rings (SSSR count). The standard InChI is InChI=1S/C17H25ClN2O3S/c1-4-20(16-9-10-24(22,23)12-16)17(21)11-19(3)13(2)14-5-7-15(18)8-6-14/h5-8,13,16H,4,9-12H2,1-3H3. The Bertz CT molecular complexity index is 676. The van der Waals surface area contributed by atoms with Crippen LogP contribution in [0.4, 0.5) is 0 Å². The maximum Gasteiger partial charge on any atom is 0.237 e. The number of carbonyl (C=O) groups is 1. The summed E-state index contributed by atoms with van der Waals surface area (Å²) in [5.74, 6) is 0.240. The zero-order valence-corrected chi connectivity index (χ0v) is 16.0. The fourth-order valence-corrected chi connectivity index (χ4v) is 4.95. The van der Waals surface area contributed by atoms with Crippen LogP contribution in [0.2, 0.25) is 5.02 Å². The van der Waals surface area contributed by atoms with Gasteiger partial charge in [0.1, 0.15) is 0 Å². The van der Waals surface area contributed by atoms with E-state index in [9.17, 15) is 13.2 Å². The minimum absolute atomic E-state index is 0.0251. The van der Waals surface area contributed by atoms with Crippen LogP contribution in [0, 0.1) is 0 Å². The number of sulfone groups is 1. The molecule has 1 aliphatic rings. The summed E-state index contributed by atoms with van der Waals surface area (Å²) in [5.41, 5.74) is 1.08. The van der Waals surface area contributed by atoms with Crippen LogP contribution in [0.5, 0.6) is 0 Å². The van der Waals surface area contributed by atoms with Gasteiger partial charge in [-0.25, -0.2) is 8.42 Å². The van der Waals surface area contributed by atoms with E-state index in [0.717, 1.165) is 5.56 Å². The van der Waals surface area contributed by atoms with Gasteiger partial charge in [0.2, 0.25) is 5.91 Å². The predicted octanol–water partition coefficient (Wildman–Crippen LogP) is 2.37. The molecule has 0 saturated carbocycles. The van der Waals surface area contributed by atoms with Crippen molar-refractivity contribution >= 4 is 27.3 Å². The van der Waals surface area contributed by atoms with Gasteiger partial charge in [0.15, 0.2) is 9.84 Å². The lowest BCUT2D eigenvalue weighted by Gasteiger charge is -2.31. The molecule has 2 atom stereocenters. The Balaban J connectivity index is 2.00. The number of hydrogen-bond acceptors (Lipinski definition) is 4. The molecule has 24 heavy (non-hydrogen) atoms. The lowest BCUT2D eigenvalue weighted by molar-refractivity contribution is -0.134. The number of likely N-dealkylation sites (N-methyl/N-ethyl adjacent to an activating group) is 2. The van der Waals surface area contributed by atoms with E-state index in [4.69, 9.17) is 11.6 Å². The maximum atomic E-state index is 12.6. The molecular weight excluding hydrogens is 348 g/mol. The van der Waals surface area contributed by atoms with Gasteiger partial charge < -0.3 is 4.90 Å². The van der Waals surface area contributed by atoms with Crippen LogP contribution in [0.3, 0.4) is 0 Å². The third kappa shape index (κ3) is 4.71. The van der Waals surface area contributed by atoms with E-state index in [2.05, 4.69) is 0 Å². The van der Waals surface area contributed by atoms with Crippen molar-refractivity contribution in [2.45, 2.75) is 32.4 Å². The van der Waals surface area contributed by atoms with Crippen molar-refractivity contribution in [2.75, 3.05) is 31.6 Å². The van der Waals surface area contributed by atoms with Crippen molar-refractivity contribution in [1.29, 1.82) is 0 Å².